The van der Waals surface area contributed by atoms with E-state index in [4.69, 9.17) is 5.11 Å². The first-order valence-electron chi connectivity index (χ1n) is 6.83. The van der Waals surface area contributed by atoms with Gasteiger partial charge in [-0.25, -0.2) is 0 Å². The molecule has 0 radical (unpaired) electrons. The van der Waals surface area contributed by atoms with Gasteiger partial charge in [-0.1, -0.05) is 36.4 Å². The monoisotopic (exact) mass is 283 g/mol. The molecule has 0 fully saturated rings. The van der Waals surface area contributed by atoms with Crippen molar-refractivity contribution in [2.24, 2.45) is 0 Å². The molecular formula is C17H17NO3. The molecule has 0 atom stereocenters. The van der Waals surface area contributed by atoms with Crippen LogP contribution in [0.15, 0.2) is 54.6 Å². The van der Waals surface area contributed by atoms with Crippen molar-refractivity contribution in [2.45, 2.75) is 19.3 Å². The third-order valence-corrected chi connectivity index (χ3v) is 3.14. The normalized spacial score (nSPS) is 10.1. The van der Waals surface area contributed by atoms with Gasteiger partial charge in [0, 0.05) is 17.7 Å². The van der Waals surface area contributed by atoms with Crippen LogP contribution in [0.25, 0.3) is 0 Å². The van der Waals surface area contributed by atoms with E-state index in [1.807, 2.05) is 42.5 Å². The van der Waals surface area contributed by atoms with Crippen LogP contribution in [0.5, 0.6) is 0 Å². The van der Waals surface area contributed by atoms with Gasteiger partial charge in [0.15, 0.2) is 0 Å². The Labute approximate surface area is 123 Å². The Morgan fingerprint density at radius 2 is 1.62 bits per heavy atom. The molecule has 0 aliphatic rings. The zero-order valence-corrected chi connectivity index (χ0v) is 11.6. The molecule has 0 aromatic heterocycles. The number of carboxylic acids is 1. The highest BCUT2D eigenvalue weighted by molar-refractivity contribution is 6.04. The van der Waals surface area contributed by atoms with Crippen molar-refractivity contribution >= 4 is 17.6 Å². The lowest BCUT2D eigenvalue weighted by atomic mass is 10.1. The molecule has 0 unspecified atom stereocenters. The first kappa shape index (κ1) is 14.8. The predicted octanol–water partition coefficient (Wildman–Crippen LogP) is 3.35. The molecule has 0 heterocycles. The molecule has 2 aromatic carbocycles. The van der Waals surface area contributed by atoms with Crippen LogP contribution < -0.4 is 5.32 Å². The van der Waals surface area contributed by atoms with E-state index in [0.29, 0.717) is 18.4 Å². The molecule has 2 aromatic rings. The second kappa shape index (κ2) is 7.24. The van der Waals surface area contributed by atoms with Crippen LogP contribution >= 0.6 is 0 Å². The molecule has 21 heavy (non-hydrogen) atoms. The number of carbonyl (C=O) groups is 2. The molecule has 2 N–H and O–H groups in total. The minimum Gasteiger partial charge on any atom is -0.481 e. The fourth-order valence-electron chi connectivity index (χ4n) is 2.07. The minimum atomic E-state index is -0.805. The van der Waals surface area contributed by atoms with Crippen molar-refractivity contribution in [3.63, 3.8) is 0 Å². The minimum absolute atomic E-state index is 0.126. The van der Waals surface area contributed by atoms with E-state index in [0.717, 1.165) is 11.3 Å². The number of benzene rings is 2. The van der Waals surface area contributed by atoms with Gasteiger partial charge < -0.3 is 10.4 Å². The smallest absolute Gasteiger partial charge is 0.303 e. The summed E-state index contributed by atoms with van der Waals surface area (Å²) < 4.78 is 0. The molecule has 0 saturated heterocycles. The molecule has 0 bridgehead atoms. The maximum atomic E-state index is 12.1. The average Bonchev–Trinajstić information content (AvgIpc) is 2.49. The molecule has 0 saturated carbocycles. The van der Waals surface area contributed by atoms with Crippen LogP contribution in [0, 0.1) is 0 Å². The summed E-state index contributed by atoms with van der Waals surface area (Å²) in [6.45, 7) is 0. The highest BCUT2D eigenvalue weighted by Crippen LogP contribution is 2.18. The van der Waals surface area contributed by atoms with Crippen molar-refractivity contribution in [1.29, 1.82) is 0 Å². The van der Waals surface area contributed by atoms with Gasteiger partial charge in [0.05, 0.1) is 0 Å². The maximum absolute atomic E-state index is 12.1. The molecule has 0 aliphatic heterocycles. The topological polar surface area (TPSA) is 66.4 Å². The lowest BCUT2D eigenvalue weighted by Gasteiger charge is -2.10. The fourth-order valence-corrected chi connectivity index (χ4v) is 2.07. The number of hydrogen-bond acceptors (Lipinski definition) is 2. The largest absolute Gasteiger partial charge is 0.481 e. The number of rotatable bonds is 6. The zero-order chi connectivity index (χ0) is 15.1. The Balaban J connectivity index is 2.06. The second-order valence-electron chi connectivity index (χ2n) is 4.72. The standard InChI is InChI=1S/C17H17NO3/c19-16(20)12-6-10-13-7-4-5-11-15(13)18-17(21)14-8-2-1-3-9-14/h1-5,7-9,11H,6,10,12H2,(H,18,21)(H,19,20). The van der Waals surface area contributed by atoms with Gasteiger partial charge in [0.25, 0.3) is 5.91 Å². The van der Waals surface area contributed by atoms with Gasteiger partial charge in [0.1, 0.15) is 0 Å². The highest BCUT2D eigenvalue weighted by Gasteiger charge is 2.08. The highest BCUT2D eigenvalue weighted by atomic mass is 16.4. The Bertz CT molecular complexity index is 623. The van der Waals surface area contributed by atoms with E-state index in [9.17, 15) is 9.59 Å². The van der Waals surface area contributed by atoms with E-state index in [1.165, 1.54) is 0 Å². The molecule has 1 amide bonds. The molecule has 4 heteroatoms. The summed E-state index contributed by atoms with van der Waals surface area (Å²) in [4.78, 5) is 22.7. The summed E-state index contributed by atoms with van der Waals surface area (Å²) >= 11 is 0. The Morgan fingerprint density at radius 3 is 2.33 bits per heavy atom. The van der Waals surface area contributed by atoms with Crippen molar-refractivity contribution in [1.82, 2.24) is 0 Å². The van der Waals surface area contributed by atoms with Gasteiger partial charge in [-0.15, -0.1) is 0 Å². The second-order valence-corrected chi connectivity index (χ2v) is 4.72. The van der Waals surface area contributed by atoms with E-state index >= 15 is 0 Å². The van der Waals surface area contributed by atoms with Gasteiger partial charge in [-0.3, -0.25) is 9.59 Å². The third kappa shape index (κ3) is 4.45. The number of carbonyl (C=O) groups excluding carboxylic acids is 1. The first-order chi connectivity index (χ1) is 10.2. The Morgan fingerprint density at radius 1 is 0.952 bits per heavy atom. The number of para-hydroxylation sites is 1. The SMILES string of the molecule is O=C(O)CCCc1ccccc1NC(=O)c1ccccc1. The van der Waals surface area contributed by atoms with Crippen molar-refractivity contribution in [2.75, 3.05) is 5.32 Å². The van der Waals surface area contributed by atoms with E-state index in [1.54, 1.807) is 12.1 Å². The maximum Gasteiger partial charge on any atom is 0.303 e. The first-order valence-corrected chi connectivity index (χ1v) is 6.83. The van der Waals surface area contributed by atoms with Gasteiger partial charge in [-0.05, 0) is 36.6 Å². The number of carboxylic acid groups (broad SMARTS) is 1. The lowest BCUT2D eigenvalue weighted by Crippen LogP contribution is -2.13. The summed E-state index contributed by atoms with van der Waals surface area (Å²) in [7, 11) is 0. The van der Waals surface area contributed by atoms with Crippen LogP contribution in [0.1, 0.15) is 28.8 Å². The third-order valence-electron chi connectivity index (χ3n) is 3.14. The number of anilines is 1. The molecule has 108 valence electrons. The number of aryl methyl sites for hydroxylation is 1. The summed E-state index contributed by atoms with van der Waals surface area (Å²) in [6.07, 6.45) is 1.30. The summed E-state index contributed by atoms with van der Waals surface area (Å²) in [5, 5.41) is 11.6. The fraction of sp³-hybridized carbons (Fsp3) is 0.176. The van der Waals surface area contributed by atoms with Crippen LogP contribution in [-0.2, 0) is 11.2 Å². The van der Waals surface area contributed by atoms with Gasteiger partial charge >= 0.3 is 5.97 Å². The number of amides is 1. The summed E-state index contributed by atoms with van der Waals surface area (Å²) in [6, 6.07) is 16.5. The number of hydrogen-bond donors (Lipinski definition) is 2. The predicted molar refractivity (Wildman–Crippen MR) is 81.4 cm³/mol. The summed E-state index contributed by atoms with van der Waals surface area (Å²) in [5.74, 6) is -0.970. The average molecular weight is 283 g/mol. The zero-order valence-electron chi connectivity index (χ0n) is 11.6. The van der Waals surface area contributed by atoms with E-state index in [2.05, 4.69) is 5.32 Å². The van der Waals surface area contributed by atoms with E-state index in [-0.39, 0.29) is 12.3 Å². The number of nitrogens with one attached hydrogen (secondary N) is 1. The number of aliphatic carboxylic acids is 1. The molecule has 2 rings (SSSR count). The molecule has 4 nitrogen and oxygen atoms in total. The van der Waals surface area contributed by atoms with Crippen LogP contribution in [0.3, 0.4) is 0 Å². The Hall–Kier alpha value is -2.62. The van der Waals surface area contributed by atoms with Crippen LogP contribution in [-0.4, -0.2) is 17.0 Å². The van der Waals surface area contributed by atoms with Gasteiger partial charge in [-0.2, -0.15) is 0 Å². The lowest BCUT2D eigenvalue weighted by molar-refractivity contribution is -0.137. The molecule has 0 aliphatic carbocycles. The van der Waals surface area contributed by atoms with Gasteiger partial charge in [0.2, 0.25) is 0 Å². The summed E-state index contributed by atoms with van der Waals surface area (Å²) in [5.41, 5.74) is 2.28. The van der Waals surface area contributed by atoms with Crippen LogP contribution in [0.4, 0.5) is 5.69 Å². The molecular weight excluding hydrogens is 266 g/mol. The molecule has 0 spiro atoms. The van der Waals surface area contributed by atoms with Crippen molar-refractivity contribution in [3.8, 4) is 0 Å². The quantitative estimate of drug-likeness (QED) is 0.854. The van der Waals surface area contributed by atoms with E-state index < -0.39 is 5.97 Å². The van der Waals surface area contributed by atoms with Crippen molar-refractivity contribution in [3.05, 3.63) is 65.7 Å². The Kier molecular flexibility index (Phi) is 5.10. The van der Waals surface area contributed by atoms with Crippen LogP contribution in [0.2, 0.25) is 0 Å². The van der Waals surface area contributed by atoms with Crippen molar-refractivity contribution < 1.29 is 14.7 Å².